The molecule has 3 rings (SSSR count). The lowest BCUT2D eigenvalue weighted by Crippen LogP contribution is -2.34. The predicted molar refractivity (Wildman–Crippen MR) is 79.9 cm³/mol. The van der Waals surface area contributed by atoms with E-state index < -0.39 is 0 Å². The van der Waals surface area contributed by atoms with E-state index in [0.717, 1.165) is 37.1 Å². The number of nitrogens with zero attached hydrogens (tertiary/aromatic N) is 2. The van der Waals surface area contributed by atoms with E-state index in [1.54, 1.807) is 20.4 Å². The largest absolute Gasteiger partial charge is 0.383 e. The average Bonchev–Trinajstić information content (AvgIpc) is 2.91. The smallest absolute Gasteiger partial charge is 0.181 e. The lowest BCUT2D eigenvalue weighted by Gasteiger charge is -2.30. The van der Waals surface area contributed by atoms with E-state index in [1.165, 1.54) is 0 Å². The molecule has 5 heteroatoms. The molecule has 1 aromatic heterocycles. The van der Waals surface area contributed by atoms with Crippen LogP contribution >= 0.6 is 0 Å². The molecule has 0 bridgehead atoms. The van der Waals surface area contributed by atoms with E-state index in [1.807, 2.05) is 6.07 Å². The summed E-state index contributed by atoms with van der Waals surface area (Å²) in [5.41, 5.74) is 2.90. The summed E-state index contributed by atoms with van der Waals surface area (Å²) in [4.78, 5) is 18.7. The third kappa shape index (κ3) is 2.68. The van der Waals surface area contributed by atoms with Crippen LogP contribution in [-0.4, -0.2) is 50.3 Å². The van der Waals surface area contributed by atoms with Crippen LogP contribution in [0.3, 0.4) is 0 Å². The highest BCUT2D eigenvalue weighted by atomic mass is 16.5. The predicted octanol–water partition coefficient (Wildman–Crippen LogP) is 1.84. The molecule has 0 aromatic carbocycles. The van der Waals surface area contributed by atoms with Crippen molar-refractivity contribution in [2.45, 2.75) is 37.8 Å². The van der Waals surface area contributed by atoms with Crippen molar-refractivity contribution in [2.24, 2.45) is 0 Å². The topological polar surface area (TPSA) is 51.7 Å². The molecule has 114 valence electrons. The number of hydrogen-bond acceptors (Lipinski definition) is 5. The molecule has 2 aliphatic rings. The molecule has 2 heterocycles. The number of hydrogen-bond donors (Lipinski definition) is 0. The van der Waals surface area contributed by atoms with Crippen LogP contribution in [-0.2, 0) is 15.9 Å². The number of carbonyl (C=O) groups excluding carboxylic acids is 1. The fourth-order valence-electron chi connectivity index (χ4n) is 3.47. The Morgan fingerprint density at radius 1 is 1.38 bits per heavy atom. The first-order chi connectivity index (χ1) is 10.2. The fourth-order valence-corrected chi connectivity index (χ4v) is 3.47. The molecule has 0 radical (unpaired) electrons. The van der Waals surface area contributed by atoms with Crippen LogP contribution in [0.4, 0.5) is 5.69 Å². The number of anilines is 1. The Morgan fingerprint density at radius 2 is 2.24 bits per heavy atom. The summed E-state index contributed by atoms with van der Waals surface area (Å²) in [5.74, 6) is 0.170. The number of fused-ring (bicyclic) bond motifs is 1. The Balaban J connectivity index is 1.95. The summed E-state index contributed by atoms with van der Waals surface area (Å²) in [6.07, 6.45) is 5.38. The summed E-state index contributed by atoms with van der Waals surface area (Å²) in [7, 11) is 3.48. The SMILES string of the molecule is COC[C@@H]1C[C@@H](OC)CN1c1ccnc2c1CCCC2=O. The van der Waals surface area contributed by atoms with Gasteiger partial charge in [0.05, 0.1) is 18.8 Å². The van der Waals surface area contributed by atoms with Crippen LogP contribution in [0.25, 0.3) is 0 Å². The van der Waals surface area contributed by atoms with Gasteiger partial charge in [-0.25, -0.2) is 0 Å². The Kier molecular flexibility index (Phi) is 4.22. The van der Waals surface area contributed by atoms with Crippen LogP contribution in [0.5, 0.6) is 0 Å². The molecule has 1 aliphatic heterocycles. The molecular formula is C16H22N2O3. The minimum atomic E-state index is 0.170. The molecule has 0 N–H and O–H groups in total. The molecule has 21 heavy (non-hydrogen) atoms. The zero-order valence-corrected chi connectivity index (χ0v) is 12.7. The van der Waals surface area contributed by atoms with Crippen molar-refractivity contribution in [3.63, 3.8) is 0 Å². The van der Waals surface area contributed by atoms with Gasteiger partial charge in [0.2, 0.25) is 0 Å². The molecule has 1 aliphatic carbocycles. The van der Waals surface area contributed by atoms with Crippen molar-refractivity contribution < 1.29 is 14.3 Å². The fraction of sp³-hybridized carbons (Fsp3) is 0.625. The van der Waals surface area contributed by atoms with Crippen molar-refractivity contribution in [1.82, 2.24) is 4.98 Å². The zero-order chi connectivity index (χ0) is 14.8. The lowest BCUT2D eigenvalue weighted by molar-refractivity contribution is 0.0967. The lowest BCUT2D eigenvalue weighted by atomic mass is 9.93. The zero-order valence-electron chi connectivity index (χ0n) is 12.7. The second-order valence-electron chi connectivity index (χ2n) is 5.79. The Bertz CT molecular complexity index is 532. The molecule has 1 fully saturated rings. The molecule has 5 nitrogen and oxygen atoms in total. The third-order valence-corrected chi connectivity index (χ3v) is 4.50. The first-order valence-electron chi connectivity index (χ1n) is 7.54. The first kappa shape index (κ1) is 14.5. The van der Waals surface area contributed by atoms with Crippen LogP contribution in [0.15, 0.2) is 12.3 Å². The Hall–Kier alpha value is -1.46. The van der Waals surface area contributed by atoms with Crippen molar-refractivity contribution in [3.05, 3.63) is 23.5 Å². The summed E-state index contributed by atoms with van der Waals surface area (Å²) >= 11 is 0. The van der Waals surface area contributed by atoms with Crippen LogP contribution in [0.2, 0.25) is 0 Å². The molecule has 0 unspecified atom stereocenters. The maximum atomic E-state index is 12.0. The number of pyridine rings is 1. The van der Waals surface area contributed by atoms with Crippen LogP contribution in [0.1, 0.15) is 35.3 Å². The van der Waals surface area contributed by atoms with Gasteiger partial charge in [-0.15, -0.1) is 0 Å². The van der Waals surface area contributed by atoms with Crippen molar-refractivity contribution in [3.8, 4) is 0 Å². The molecular weight excluding hydrogens is 268 g/mol. The second kappa shape index (κ2) is 6.12. The van der Waals surface area contributed by atoms with Gasteiger partial charge in [-0.3, -0.25) is 9.78 Å². The minimum absolute atomic E-state index is 0.170. The monoisotopic (exact) mass is 290 g/mol. The molecule has 1 aromatic rings. The van der Waals surface area contributed by atoms with E-state index in [9.17, 15) is 4.79 Å². The second-order valence-corrected chi connectivity index (χ2v) is 5.79. The van der Waals surface area contributed by atoms with E-state index in [-0.39, 0.29) is 11.9 Å². The van der Waals surface area contributed by atoms with Gasteiger partial charge in [0.1, 0.15) is 5.69 Å². The quantitative estimate of drug-likeness (QED) is 0.847. The van der Waals surface area contributed by atoms with E-state index >= 15 is 0 Å². The van der Waals surface area contributed by atoms with Crippen molar-refractivity contribution in [2.75, 3.05) is 32.3 Å². The summed E-state index contributed by atoms with van der Waals surface area (Å²) in [6.45, 7) is 1.51. The van der Waals surface area contributed by atoms with Gasteiger partial charge >= 0.3 is 0 Å². The van der Waals surface area contributed by atoms with Crippen molar-refractivity contribution >= 4 is 11.5 Å². The Morgan fingerprint density at radius 3 is 3.00 bits per heavy atom. The maximum Gasteiger partial charge on any atom is 0.181 e. The number of methoxy groups -OCH3 is 2. The van der Waals surface area contributed by atoms with Gasteiger partial charge in [-0.1, -0.05) is 0 Å². The number of Topliss-reactive ketones (excluding diaryl/α,β-unsaturated/α-hetero) is 1. The van der Waals surface area contributed by atoms with Gasteiger partial charge in [0, 0.05) is 44.6 Å². The third-order valence-electron chi connectivity index (χ3n) is 4.50. The summed E-state index contributed by atoms with van der Waals surface area (Å²) in [5, 5.41) is 0. The molecule has 2 atom stereocenters. The van der Waals surface area contributed by atoms with E-state index in [2.05, 4.69) is 9.88 Å². The Labute approximate surface area is 125 Å². The molecule has 0 spiro atoms. The molecule has 0 amide bonds. The first-order valence-corrected chi connectivity index (χ1v) is 7.54. The molecule has 1 saturated heterocycles. The standard InChI is InChI=1S/C16H22N2O3/c1-20-10-11-8-12(21-2)9-18(11)14-6-7-17-16-13(14)4-3-5-15(16)19/h6-7,11-12H,3-5,8-10H2,1-2H3/t11-,12+/m0/s1. The van der Waals surface area contributed by atoms with Gasteiger partial charge in [-0.05, 0) is 25.3 Å². The highest BCUT2D eigenvalue weighted by Crippen LogP contribution is 2.34. The van der Waals surface area contributed by atoms with Gasteiger partial charge in [-0.2, -0.15) is 0 Å². The summed E-state index contributed by atoms with van der Waals surface area (Å²) < 4.78 is 10.9. The average molecular weight is 290 g/mol. The maximum absolute atomic E-state index is 12.0. The highest BCUT2D eigenvalue weighted by Gasteiger charge is 2.34. The normalized spacial score (nSPS) is 25.2. The van der Waals surface area contributed by atoms with Crippen molar-refractivity contribution in [1.29, 1.82) is 0 Å². The summed E-state index contributed by atoms with van der Waals surface area (Å²) in [6, 6.07) is 2.32. The number of aromatic nitrogens is 1. The van der Waals surface area contributed by atoms with Crippen LogP contribution in [0, 0.1) is 0 Å². The van der Waals surface area contributed by atoms with Gasteiger partial charge < -0.3 is 14.4 Å². The highest BCUT2D eigenvalue weighted by molar-refractivity contribution is 5.98. The van der Waals surface area contributed by atoms with Gasteiger partial charge in [0.25, 0.3) is 0 Å². The minimum Gasteiger partial charge on any atom is -0.383 e. The molecule has 0 saturated carbocycles. The van der Waals surface area contributed by atoms with Gasteiger partial charge in [0.15, 0.2) is 5.78 Å². The van der Waals surface area contributed by atoms with E-state index in [0.29, 0.717) is 24.8 Å². The number of ether oxygens (including phenoxy) is 2. The number of rotatable bonds is 4. The number of carbonyl (C=O) groups is 1. The van der Waals surface area contributed by atoms with Crippen LogP contribution < -0.4 is 4.90 Å². The van der Waals surface area contributed by atoms with E-state index in [4.69, 9.17) is 9.47 Å². The number of ketones is 1.